The van der Waals surface area contributed by atoms with Gasteiger partial charge in [-0.3, -0.25) is 9.59 Å². The lowest BCUT2D eigenvalue weighted by atomic mass is 9.98. The number of thiazole rings is 1. The van der Waals surface area contributed by atoms with Crippen LogP contribution in [0.3, 0.4) is 0 Å². The Labute approximate surface area is 145 Å². The van der Waals surface area contributed by atoms with Crippen molar-refractivity contribution in [3.63, 3.8) is 0 Å². The van der Waals surface area contributed by atoms with Crippen molar-refractivity contribution in [3.8, 4) is 0 Å². The van der Waals surface area contributed by atoms with Crippen LogP contribution in [0.25, 0.3) is 6.08 Å². The first-order chi connectivity index (χ1) is 11.3. The number of primary amides is 1. The molecule has 0 aliphatic rings. The summed E-state index contributed by atoms with van der Waals surface area (Å²) in [5.74, 6) is -0.982. The Morgan fingerprint density at radius 3 is 2.46 bits per heavy atom. The minimum absolute atomic E-state index is 0.0244. The van der Waals surface area contributed by atoms with Gasteiger partial charge in [0.25, 0.3) is 0 Å². The van der Waals surface area contributed by atoms with Crippen LogP contribution in [0.5, 0.6) is 0 Å². The third-order valence-electron chi connectivity index (χ3n) is 3.27. The molecule has 6 heteroatoms. The third-order valence-corrected chi connectivity index (χ3v) is 4.66. The Morgan fingerprint density at radius 1 is 1.25 bits per heavy atom. The maximum atomic E-state index is 12.1. The molecule has 0 saturated carbocycles. The predicted molar refractivity (Wildman–Crippen MR) is 96.4 cm³/mol. The molecular formula is C18H21N3O2S. The van der Waals surface area contributed by atoms with E-state index >= 15 is 0 Å². The highest BCUT2D eigenvalue weighted by molar-refractivity contribution is 7.12. The Balaban J connectivity index is 2.06. The summed E-state index contributed by atoms with van der Waals surface area (Å²) in [6.45, 7) is 6.26. The van der Waals surface area contributed by atoms with Crippen molar-refractivity contribution in [3.05, 3.63) is 58.1 Å². The topological polar surface area (TPSA) is 85.1 Å². The molecule has 3 N–H and O–H groups in total. The number of nitrogens with zero attached hydrogens (tertiary/aromatic N) is 1. The lowest BCUT2D eigenvalue weighted by Crippen LogP contribution is -2.36. The third kappa shape index (κ3) is 4.76. The molecule has 0 bridgehead atoms. The van der Waals surface area contributed by atoms with Crippen LogP contribution in [-0.2, 0) is 15.0 Å². The normalized spacial score (nSPS) is 13.0. The zero-order chi connectivity index (χ0) is 17.7. The minimum Gasteiger partial charge on any atom is -0.368 e. The van der Waals surface area contributed by atoms with E-state index in [1.54, 1.807) is 36.5 Å². The lowest BCUT2D eigenvalue weighted by molar-refractivity contribution is -0.125. The second-order valence-electron chi connectivity index (χ2n) is 6.41. The highest BCUT2D eigenvalue weighted by atomic mass is 32.1. The number of nitrogens with two attached hydrogens (primary N) is 1. The van der Waals surface area contributed by atoms with Crippen LogP contribution in [0.15, 0.2) is 42.6 Å². The lowest BCUT2D eigenvalue weighted by Gasteiger charge is -2.14. The molecule has 1 heterocycles. The number of nitrogens with one attached hydrogen (secondary N) is 1. The molecule has 0 saturated heterocycles. The zero-order valence-electron chi connectivity index (χ0n) is 13.9. The first-order valence-electron chi connectivity index (χ1n) is 7.56. The van der Waals surface area contributed by atoms with Crippen LogP contribution >= 0.6 is 11.3 Å². The van der Waals surface area contributed by atoms with Gasteiger partial charge < -0.3 is 11.1 Å². The maximum absolute atomic E-state index is 12.1. The van der Waals surface area contributed by atoms with Gasteiger partial charge in [0.1, 0.15) is 6.04 Å². The van der Waals surface area contributed by atoms with Gasteiger partial charge in [-0.05, 0) is 11.6 Å². The number of aromatic nitrogens is 1. The molecule has 2 amide bonds. The fourth-order valence-electron chi connectivity index (χ4n) is 2.02. The average Bonchev–Trinajstić information content (AvgIpc) is 3.00. The molecule has 1 unspecified atom stereocenters. The van der Waals surface area contributed by atoms with Crippen LogP contribution in [0.4, 0.5) is 0 Å². The zero-order valence-corrected chi connectivity index (χ0v) is 14.8. The fraction of sp³-hybridized carbons (Fsp3) is 0.278. The standard InChI is InChI=1S/C18H21N3O2S/c1-18(2,3)17-20-11-13(24-17)9-10-14(22)21-15(16(19)23)12-7-5-4-6-8-12/h4-11,15H,1-3H3,(H2,19,23)(H,21,22). The number of rotatable bonds is 5. The van der Waals surface area contributed by atoms with E-state index < -0.39 is 11.9 Å². The molecule has 126 valence electrons. The van der Waals surface area contributed by atoms with E-state index in [0.717, 1.165) is 9.88 Å². The molecule has 0 radical (unpaired) electrons. The van der Waals surface area contributed by atoms with Crippen LogP contribution in [0.1, 0.15) is 42.3 Å². The smallest absolute Gasteiger partial charge is 0.244 e. The number of hydrogen-bond donors (Lipinski definition) is 2. The Kier molecular flexibility index (Phi) is 5.51. The summed E-state index contributed by atoms with van der Waals surface area (Å²) in [6.07, 6.45) is 4.81. The number of carbonyl (C=O) groups excluding carboxylic acids is 2. The van der Waals surface area contributed by atoms with Gasteiger partial charge in [0.05, 0.1) is 5.01 Å². The first-order valence-corrected chi connectivity index (χ1v) is 8.38. The van der Waals surface area contributed by atoms with E-state index in [0.29, 0.717) is 5.56 Å². The molecule has 24 heavy (non-hydrogen) atoms. The molecule has 0 aliphatic heterocycles. The van der Waals surface area contributed by atoms with Gasteiger partial charge in [0.2, 0.25) is 11.8 Å². The van der Waals surface area contributed by atoms with E-state index in [1.165, 1.54) is 17.4 Å². The van der Waals surface area contributed by atoms with Gasteiger partial charge in [-0.25, -0.2) is 4.98 Å². The number of carbonyl (C=O) groups is 2. The minimum atomic E-state index is -0.852. The monoisotopic (exact) mass is 343 g/mol. The largest absolute Gasteiger partial charge is 0.368 e. The van der Waals surface area contributed by atoms with E-state index in [1.807, 2.05) is 6.07 Å². The summed E-state index contributed by atoms with van der Waals surface area (Å²) in [7, 11) is 0. The van der Waals surface area contributed by atoms with Crippen LogP contribution < -0.4 is 11.1 Å². The van der Waals surface area contributed by atoms with Crippen molar-refractivity contribution in [2.45, 2.75) is 32.2 Å². The van der Waals surface area contributed by atoms with Crippen molar-refractivity contribution in [1.29, 1.82) is 0 Å². The van der Waals surface area contributed by atoms with Crippen molar-refractivity contribution < 1.29 is 9.59 Å². The molecule has 5 nitrogen and oxygen atoms in total. The van der Waals surface area contributed by atoms with Gasteiger partial charge in [-0.1, -0.05) is 51.1 Å². The molecule has 1 aromatic carbocycles. The molecule has 0 spiro atoms. The summed E-state index contributed by atoms with van der Waals surface area (Å²) < 4.78 is 0. The molecule has 2 rings (SSSR count). The van der Waals surface area contributed by atoms with Gasteiger partial charge in [-0.2, -0.15) is 0 Å². The first kappa shape index (κ1) is 17.9. The van der Waals surface area contributed by atoms with Crippen LogP contribution in [0.2, 0.25) is 0 Å². The molecule has 1 aromatic heterocycles. The second-order valence-corrected chi connectivity index (χ2v) is 7.47. The van der Waals surface area contributed by atoms with Crippen molar-refractivity contribution in [2.24, 2.45) is 5.73 Å². The molecule has 1 atom stereocenters. The van der Waals surface area contributed by atoms with Gasteiger partial charge in [0, 0.05) is 22.6 Å². The van der Waals surface area contributed by atoms with Crippen LogP contribution in [0, 0.1) is 0 Å². The summed E-state index contributed by atoms with van der Waals surface area (Å²) in [5.41, 5.74) is 6.02. The average molecular weight is 343 g/mol. The van der Waals surface area contributed by atoms with E-state index in [-0.39, 0.29) is 11.3 Å². The predicted octanol–water partition coefficient (Wildman–Crippen LogP) is 2.80. The van der Waals surface area contributed by atoms with Gasteiger partial charge >= 0.3 is 0 Å². The number of benzene rings is 1. The van der Waals surface area contributed by atoms with E-state index in [2.05, 4.69) is 31.1 Å². The fourth-order valence-corrected chi connectivity index (χ4v) is 2.90. The highest BCUT2D eigenvalue weighted by Crippen LogP contribution is 2.27. The van der Waals surface area contributed by atoms with Crippen molar-refractivity contribution in [1.82, 2.24) is 10.3 Å². The van der Waals surface area contributed by atoms with E-state index in [4.69, 9.17) is 5.73 Å². The van der Waals surface area contributed by atoms with Gasteiger partial charge in [-0.15, -0.1) is 11.3 Å². The number of hydrogen-bond acceptors (Lipinski definition) is 4. The highest BCUT2D eigenvalue weighted by Gasteiger charge is 2.19. The second kappa shape index (κ2) is 7.40. The Bertz CT molecular complexity index is 745. The Morgan fingerprint density at radius 2 is 1.92 bits per heavy atom. The van der Waals surface area contributed by atoms with Crippen molar-refractivity contribution >= 4 is 29.2 Å². The molecule has 0 fully saturated rings. The molecule has 0 aliphatic carbocycles. The van der Waals surface area contributed by atoms with Crippen LogP contribution in [-0.4, -0.2) is 16.8 Å². The SMILES string of the molecule is CC(C)(C)c1ncc(C=CC(=O)NC(C(N)=O)c2ccccc2)s1. The Hall–Kier alpha value is -2.47. The van der Waals surface area contributed by atoms with Crippen molar-refractivity contribution in [2.75, 3.05) is 0 Å². The summed E-state index contributed by atoms with van der Waals surface area (Å²) >= 11 is 1.53. The summed E-state index contributed by atoms with van der Waals surface area (Å²) in [4.78, 5) is 28.9. The van der Waals surface area contributed by atoms with E-state index in [9.17, 15) is 9.59 Å². The molecular weight excluding hydrogens is 322 g/mol. The maximum Gasteiger partial charge on any atom is 0.244 e. The summed E-state index contributed by atoms with van der Waals surface area (Å²) in [5, 5.41) is 3.63. The summed E-state index contributed by atoms with van der Waals surface area (Å²) in [6, 6.07) is 8.06. The van der Waals surface area contributed by atoms with Gasteiger partial charge in [0.15, 0.2) is 0 Å². The number of amides is 2. The quantitative estimate of drug-likeness (QED) is 0.819. The molecule has 2 aromatic rings.